The quantitative estimate of drug-likeness (QED) is 0.799. The molecule has 2 aromatic carbocycles. The van der Waals surface area contributed by atoms with E-state index in [0.29, 0.717) is 0 Å². The molecule has 21 heavy (non-hydrogen) atoms. The van der Waals surface area contributed by atoms with E-state index in [1.165, 1.54) is 21.6 Å². The predicted octanol–water partition coefficient (Wildman–Crippen LogP) is 4.70. The molecule has 1 aliphatic heterocycles. The molecule has 0 saturated carbocycles. The zero-order valence-corrected chi connectivity index (χ0v) is 14.3. The smallest absolute Gasteiger partial charge is 0.126 e. The predicted molar refractivity (Wildman–Crippen MR) is 91.9 cm³/mol. The van der Waals surface area contributed by atoms with Gasteiger partial charge in [-0.3, -0.25) is 0 Å². The van der Waals surface area contributed by atoms with Crippen LogP contribution < -0.4 is 10.5 Å². The number of benzene rings is 2. The number of hydrogen-bond acceptors (Lipinski definition) is 3. The summed E-state index contributed by atoms with van der Waals surface area (Å²) in [6, 6.07) is 12.9. The SMILES string of the molecule is CC(N)c1ccc(SCc2cc(Br)cc3c2OCC3)cc1. The van der Waals surface area contributed by atoms with Crippen molar-refractivity contribution < 1.29 is 4.74 Å². The summed E-state index contributed by atoms with van der Waals surface area (Å²) in [5.74, 6) is 2.00. The van der Waals surface area contributed by atoms with Crippen molar-refractivity contribution in [3.63, 3.8) is 0 Å². The molecule has 1 atom stereocenters. The van der Waals surface area contributed by atoms with Crippen LogP contribution in [0.25, 0.3) is 0 Å². The van der Waals surface area contributed by atoms with Gasteiger partial charge in [-0.05, 0) is 42.3 Å². The molecular weight excluding hydrogens is 346 g/mol. The molecule has 4 heteroatoms. The van der Waals surface area contributed by atoms with E-state index in [4.69, 9.17) is 10.5 Å². The van der Waals surface area contributed by atoms with Crippen molar-refractivity contribution in [2.75, 3.05) is 6.61 Å². The van der Waals surface area contributed by atoms with Gasteiger partial charge in [0.25, 0.3) is 0 Å². The van der Waals surface area contributed by atoms with Crippen molar-refractivity contribution in [1.82, 2.24) is 0 Å². The highest BCUT2D eigenvalue weighted by atomic mass is 79.9. The van der Waals surface area contributed by atoms with Crippen LogP contribution in [0.3, 0.4) is 0 Å². The molecule has 1 unspecified atom stereocenters. The lowest BCUT2D eigenvalue weighted by molar-refractivity contribution is 0.354. The van der Waals surface area contributed by atoms with Crippen LogP contribution in [0.4, 0.5) is 0 Å². The van der Waals surface area contributed by atoms with Gasteiger partial charge in [-0.1, -0.05) is 28.1 Å². The van der Waals surface area contributed by atoms with Gasteiger partial charge in [0.15, 0.2) is 0 Å². The van der Waals surface area contributed by atoms with Crippen LogP contribution in [0.5, 0.6) is 5.75 Å². The number of hydrogen-bond donors (Lipinski definition) is 1. The molecule has 0 bridgehead atoms. The summed E-state index contributed by atoms with van der Waals surface area (Å²) in [5, 5.41) is 0. The van der Waals surface area contributed by atoms with Gasteiger partial charge < -0.3 is 10.5 Å². The third-order valence-electron chi connectivity index (χ3n) is 3.63. The van der Waals surface area contributed by atoms with Gasteiger partial charge in [0.05, 0.1) is 6.61 Å². The molecule has 2 N–H and O–H groups in total. The molecular formula is C17H18BrNOS. The highest BCUT2D eigenvalue weighted by Gasteiger charge is 2.17. The summed E-state index contributed by atoms with van der Waals surface area (Å²) in [5.41, 5.74) is 9.63. The Kier molecular flexibility index (Phi) is 4.57. The molecule has 1 heterocycles. The van der Waals surface area contributed by atoms with Gasteiger partial charge >= 0.3 is 0 Å². The van der Waals surface area contributed by atoms with Crippen LogP contribution >= 0.6 is 27.7 Å². The molecule has 0 saturated heterocycles. The van der Waals surface area contributed by atoms with E-state index in [-0.39, 0.29) is 6.04 Å². The molecule has 0 spiro atoms. The zero-order chi connectivity index (χ0) is 14.8. The van der Waals surface area contributed by atoms with Crippen molar-refractivity contribution in [3.05, 3.63) is 57.6 Å². The number of halogens is 1. The minimum Gasteiger partial charge on any atom is -0.493 e. The third kappa shape index (κ3) is 3.44. The Morgan fingerprint density at radius 2 is 2.05 bits per heavy atom. The van der Waals surface area contributed by atoms with Gasteiger partial charge in [-0.25, -0.2) is 0 Å². The molecule has 0 fully saturated rings. The van der Waals surface area contributed by atoms with Crippen LogP contribution in [-0.4, -0.2) is 6.61 Å². The lowest BCUT2D eigenvalue weighted by Crippen LogP contribution is -2.04. The zero-order valence-electron chi connectivity index (χ0n) is 11.9. The second-order valence-corrected chi connectivity index (χ2v) is 7.26. The first-order valence-corrected chi connectivity index (χ1v) is 8.84. The molecule has 0 radical (unpaired) electrons. The highest BCUT2D eigenvalue weighted by molar-refractivity contribution is 9.10. The number of thioether (sulfide) groups is 1. The van der Waals surface area contributed by atoms with E-state index >= 15 is 0 Å². The lowest BCUT2D eigenvalue weighted by Gasteiger charge is -2.10. The standard InChI is InChI=1S/C17H18BrNOS/c1-11(19)12-2-4-16(5-3-12)21-10-14-9-15(18)8-13-6-7-20-17(13)14/h2-5,8-9,11H,6-7,10,19H2,1H3. The molecule has 2 aromatic rings. The highest BCUT2D eigenvalue weighted by Crippen LogP contribution is 2.36. The lowest BCUT2D eigenvalue weighted by atomic mass is 10.1. The summed E-state index contributed by atoms with van der Waals surface area (Å²) < 4.78 is 6.91. The monoisotopic (exact) mass is 363 g/mol. The second kappa shape index (κ2) is 6.42. The van der Waals surface area contributed by atoms with Crippen LogP contribution in [-0.2, 0) is 12.2 Å². The van der Waals surface area contributed by atoms with Crippen molar-refractivity contribution >= 4 is 27.7 Å². The van der Waals surface area contributed by atoms with Crippen LogP contribution in [0.15, 0.2) is 45.8 Å². The van der Waals surface area contributed by atoms with E-state index in [2.05, 4.69) is 52.3 Å². The van der Waals surface area contributed by atoms with Gasteiger partial charge in [0.1, 0.15) is 5.75 Å². The summed E-state index contributed by atoms with van der Waals surface area (Å²) in [4.78, 5) is 1.26. The molecule has 0 amide bonds. The van der Waals surface area contributed by atoms with Gasteiger partial charge in [0.2, 0.25) is 0 Å². The first-order valence-electron chi connectivity index (χ1n) is 7.06. The summed E-state index contributed by atoms with van der Waals surface area (Å²) >= 11 is 5.42. The molecule has 0 aromatic heterocycles. The number of rotatable bonds is 4. The largest absolute Gasteiger partial charge is 0.493 e. The summed E-state index contributed by atoms with van der Waals surface area (Å²) in [6.07, 6.45) is 1.01. The van der Waals surface area contributed by atoms with E-state index in [1.807, 2.05) is 18.7 Å². The number of ether oxygens (including phenoxy) is 1. The second-order valence-electron chi connectivity index (χ2n) is 5.30. The van der Waals surface area contributed by atoms with E-state index in [9.17, 15) is 0 Å². The molecule has 110 valence electrons. The summed E-state index contributed by atoms with van der Waals surface area (Å²) in [7, 11) is 0. The Bertz CT molecular complexity index is 640. The van der Waals surface area contributed by atoms with Crippen molar-refractivity contribution in [1.29, 1.82) is 0 Å². The van der Waals surface area contributed by atoms with E-state index in [1.54, 1.807) is 0 Å². The first kappa shape index (κ1) is 14.9. The topological polar surface area (TPSA) is 35.2 Å². The number of fused-ring (bicyclic) bond motifs is 1. The average molecular weight is 364 g/mol. The van der Waals surface area contributed by atoms with Gasteiger partial charge in [-0.15, -0.1) is 11.8 Å². The number of nitrogens with two attached hydrogens (primary N) is 1. The third-order valence-corrected chi connectivity index (χ3v) is 5.14. The van der Waals surface area contributed by atoms with Crippen molar-refractivity contribution in [3.8, 4) is 5.75 Å². The fraction of sp³-hybridized carbons (Fsp3) is 0.294. The minimum absolute atomic E-state index is 0.0887. The van der Waals surface area contributed by atoms with Crippen molar-refractivity contribution in [2.45, 2.75) is 30.0 Å². The van der Waals surface area contributed by atoms with Crippen LogP contribution in [0.1, 0.15) is 29.7 Å². The maximum Gasteiger partial charge on any atom is 0.126 e. The molecule has 0 aliphatic carbocycles. The maximum atomic E-state index is 5.88. The van der Waals surface area contributed by atoms with Crippen LogP contribution in [0, 0.1) is 0 Å². The minimum atomic E-state index is 0.0887. The first-order chi connectivity index (χ1) is 10.1. The van der Waals surface area contributed by atoms with Crippen molar-refractivity contribution in [2.24, 2.45) is 5.73 Å². The fourth-order valence-corrected chi connectivity index (χ4v) is 3.90. The van der Waals surface area contributed by atoms with E-state index < -0.39 is 0 Å². The maximum absolute atomic E-state index is 5.88. The Balaban J connectivity index is 1.73. The van der Waals surface area contributed by atoms with Crippen LogP contribution in [0.2, 0.25) is 0 Å². The normalized spacial score (nSPS) is 14.6. The Hall–Kier alpha value is -0.970. The molecule has 2 nitrogen and oxygen atoms in total. The van der Waals surface area contributed by atoms with E-state index in [0.717, 1.165) is 29.0 Å². The Morgan fingerprint density at radius 3 is 2.76 bits per heavy atom. The van der Waals surface area contributed by atoms with Gasteiger partial charge in [0, 0.05) is 33.1 Å². The molecule has 1 aliphatic rings. The van der Waals surface area contributed by atoms with Gasteiger partial charge in [-0.2, -0.15) is 0 Å². The Labute approximate surface area is 138 Å². The Morgan fingerprint density at radius 1 is 1.29 bits per heavy atom. The fourth-order valence-electron chi connectivity index (χ4n) is 2.48. The molecule has 3 rings (SSSR count). The average Bonchev–Trinajstić information content (AvgIpc) is 2.93. The summed E-state index contributed by atoms with van der Waals surface area (Å²) in [6.45, 7) is 2.80.